The van der Waals surface area contributed by atoms with Crippen LogP contribution in [0.1, 0.15) is 12.8 Å². The maximum Gasteiger partial charge on any atom is 0.277 e. The van der Waals surface area contributed by atoms with Crippen molar-refractivity contribution in [2.75, 3.05) is 18.8 Å². The summed E-state index contributed by atoms with van der Waals surface area (Å²) in [6.07, 6.45) is 2.22. The molecule has 0 N–H and O–H groups in total. The third-order valence-electron chi connectivity index (χ3n) is 2.92. The first-order valence-corrected chi connectivity index (χ1v) is 7.97. The second-order valence-corrected chi connectivity index (χ2v) is 6.10. The zero-order valence-corrected chi connectivity index (χ0v) is 11.9. The summed E-state index contributed by atoms with van der Waals surface area (Å²) in [7, 11) is 0. The first-order chi connectivity index (χ1) is 9.33. The fourth-order valence-corrected chi connectivity index (χ4v) is 3.26. The Bertz CT molecular complexity index is 547. The highest BCUT2D eigenvalue weighted by Crippen LogP contribution is 2.26. The van der Waals surface area contributed by atoms with Crippen LogP contribution in [0, 0.1) is 0 Å². The van der Waals surface area contributed by atoms with Crippen LogP contribution in [0.3, 0.4) is 0 Å². The van der Waals surface area contributed by atoms with E-state index in [1.54, 1.807) is 11.3 Å². The van der Waals surface area contributed by atoms with Gasteiger partial charge in [-0.3, -0.25) is 4.79 Å². The Morgan fingerprint density at radius 1 is 1.42 bits per heavy atom. The van der Waals surface area contributed by atoms with Crippen LogP contribution in [0.2, 0.25) is 0 Å². The Hall–Kier alpha value is -1.34. The van der Waals surface area contributed by atoms with Gasteiger partial charge in [-0.2, -0.15) is 0 Å². The van der Waals surface area contributed by atoms with Crippen LogP contribution in [0.4, 0.5) is 0 Å². The molecule has 3 rings (SSSR count). The van der Waals surface area contributed by atoms with E-state index in [0.29, 0.717) is 16.9 Å². The Morgan fingerprint density at radius 2 is 2.26 bits per heavy atom. The fourth-order valence-electron chi connectivity index (χ4n) is 1.95. The molecule has 1 aliphatic rings. The van der Waals surface area contributed by atoms with Crippen LogP contribution < -0.4 is 0 Å². The number of nitrogens with zero attached hydrogens (tertiary/aromatic N) is 3. The lowest BCUT2D eigenvalue weighted by Crippen LogP contribution is -2.29. The molecule has 1 aliphatic heterocycles. The average Bonchev–Trinajstić information content (AvgIpc) is 3.14. The van der Waals surface area contributed by atoms with E-state index in [2.05, 4.69) is 10.2 Å². The van der Waals surface area contributed by atoms with Crippen molar-refractivity contribution in [3.8, 4) is 10.8 Å². The van der Waals surface area contributed by atoms with Gasteiger partial charge in [0.05, 0.1) is 10.6 Å². The predicted octanol–water partition coefficient (Wildman–Crippen LogP) is 2.51. The van der Waals surface area contributed by atoms with Crippen LogP contribution in [-0.2, 0) is 4.79 Å². The molecular formula is C12H13N3O2S2. The Balaban J connectivity index is 1.57. The molecule has 0 spiro atoms. The van der Waals surface area contributed by atoms with Crippen molar-refractivity contribution >= 4 is 29.0 Å². The lowest BCUT2D eigenvalue weighted by molar-refractivity contribution is -0.127. The van der Waals surface area contributed by atoms with Crippen molar-refractivity contribution in [2.45, 2.75) is 18.1 Å². The molecule has 0 aliphatic carbocycles. The largest absolute Gasteiger partial charge is 0.410 e. The fraction of sp³-hybridized carbons (Fsp3) is 0.417. The summed E-state index contributed by atoms with van der Waals surface area (Å²) in [4.78, 5) is 14.7. The maximum absolute atomic E-state index is 11.9. The molecule has 1 fully saturated rings. The van der Waals surface area contributed by atoms with E-state index in [9.17, 15) is 4.79 Å². The molecule has 2 aromatic heterocycles. The number of hydrogen-bond acceptors (Lipinski definition) is 6. The second kappa shape index (κ2) is 5.75. The van der Waals surface area contributed by atoms with Crippen molar-refractivity contribution in [1.29, 1.82) is 0 Å². The van der Waals surface area contributed by atoms with E-state index in [1.807, 2.05) is 22.4 Å². The predicted molar refractivity (Wildman–Crippen MR) is 74.1 cm³/mol. The summed E-state index contributed by atoms with van der Waals surface area (Å²) in [6, 6.07) is 3.87. The SMILES string of the molecule is O=C(CSc1nnc(-c2cccs2)o1)N1CCCC1. The molecule has 3 heterocycles. The van der Waals surface area contributed by atoms with Crippen LogP contribution in [0.5, 0.6) is 0 Å². The van der Waals surface area contributed by atoms with E-state index in [4.69, 9.17) is 4.42 Å². The smallest absolute Gasteiger partial charge is 0.277 e. The zero-order chi connectivity index (χ0) is 13.1. The molecule has 2 aromatic rings. The summed E-state index contributed by atoms with van der Waals surface area (Å²) in [5.41, 5.74) is 0. The van der Waals surface area contributed by atoms with Crippen molar-refractivity contribution < 1.29 is 9.21 Å². The van der Waals surface area contributed by atoms with E-state index in [1.165, 1.54) is 11.8 Å². The van der Waals surface area contributed by atoms with E-state index in [-0.39, 0.29) is 5.91 Å². The minimum Gasteiger partial charge on any atom is -0.410 e. The minimum atomic E-state index is 0.151. The number of amides is 1. The first kappa shape index (κ1) is 12.7. The molecule has 0 unspecified atom stereocenters. The van der Waals surface area contributed by atoms with Gasteiger partial charge in [-0.1, -0.05) is 17.8 Å². The van der Waals surface area contributed by atoms with Crippen molar-refractivity contribution in [2.24, 2.45) is 0 Å². The van der Waals surface area contributed by atoms with Crippen molar-refractivity contribution in [3.63, 3.8) is 0 Å². The van der Waals surface area contributed by atoms with E-state index >= 15 is 0 Å². The quantitative estimate of drug-likeness (QED) is 0.811. The van der Waals surface area contributed by atoms with Crippen LogP contribution in [0.15, 0.2) is 27.2 Å². The molecular weight excluding hydrogens is 282 g/mol. The van der Waals surface area contributed by atoms with Gasteiger partial charge in [0.2, 0.25) is 5.91 Å². The molecule has 0 atom stereocenters. The standard InChI is InChI=1S/C12H13N3O2S2/c16-10(15-5-1-2-6-15)8-19-12-14-13-11(17-12)9-4-3-7-18-9/h3-4,7H,1-2,5-6,8H2. The molecule has 19 heavy (non-hydrogen) atoms. The maximum atomic E-state index is 11.9. The lowest BCUT2D eigenvalue weighted by Gasteiger charge is -2.13. The normalized spacial score (nSPS) is 15.1. The van der Waals surface area contributed by atoms with E-state index in [0.717, 1.165) is 30.8 Å². The number of hydrogen-bond donors (Lipinski definition) is 0. The number of carbonyl (C=O) groups excluding carboxylic acids is 1. The number of aromatic nitrogens is 2. The monoisotopic (exact) mass is 295 g/mol. The highest BCUT2D eigenvalue weighted by molar-refractivity contribution is 7.99. The second-order valence-electron chi connectivity index (χ2n) is 4.23. The van der Waals surface area contributed by atoms with Gasteiger partial charge in [0, 0.05) is 13.1 Å². The van der Waals surface area contributed by atoms with Crippen molar-refractivity contribution in [3.05, 3.63) is 17.5 Å². The van der Waals surface area contributed by atoms with Gasteiger partial charge in [-0.25, -0.2) is 0 Å². The average molecular weight is 295 g/mol. The van der Waals surface area contributed by atoms with Crippen molar-refractivity contribution in [1.82, 2.24) is 15.1 Å². The number of rotatable bonds is 4. The van der Waals surface area contributed by atoms with Crippen LogP contribution in [0.25, 0.3) is 10.8 Å². The van der Waals surface area contributed by atoms with Gasteiger partial charge in [-0.15, -0.1) is 21.5 Å². The van der Waals surface area contributed by atoms with Gasteiger partial charge < -0.3 is 9.32 Å². The topological polar surface area (TPSA) is 59.2 Å². The van der Waals surface area contributed by atoms with Gasteiger partial charge in [-0.05, 0) is 24.3 Å². The molecule has 0 bridgehead atoms. The highest BCUT2D eigenvalue weighted by atomic mass is 32.2. The Kier molecular flexibility index (Phi) is 3.84. The summed E-state index contributed by atoms with van der Waals surface area (Å²) in [6.45, 7) is 1.76. The summed E-state index contributed by atoms with van der Waals surface area (Å²) >= 11 is 2.86. The number of carbonyl (C=O) groups is 1. The molecule has 0 aromatic carbocycles. The molecule has 5 nitrogen and oxygen atoms in total. The number of thiophene rings is 1. The lowest BCUT2D eigenvalue weighted by atomic mass is 10.4. The van der Waals surface area contributed by atoms with Gasteiger partial charge in [0.1, 0.15) is 0 Å². The molecule has 0 radical (unpaired) electrons. The molecule has 7 heteroatoms. The summed E-state index contributed by atoms with van der Waals surface area (Å²) in [5, 5.41) is 10.4. The molecule has 100 valence electrons. The van der Waals surface area contributed by atoms with Gasteiger partial charge >= 0.3 is 0 Å². The number of likely N-dealkylation sites (tertiary alicyclic amines) is 1. The Labute approximate surface area is 119 Å². The molecule has 1 amide bonds. The third kappa shape index (κ3) is 2.98. The van der Waals surface area contributed by atoms with Gasteiger partial charge in [0.15, 0.2) is 0 Å². The highest BCUT2D eigenvalue weighted by Gasteiger charge is 2.19. The number of thioether (sulfide) groups is 1. The zero-order valence-electron chi connectivity index (χ0n) is 10.2. The Morgan fingerprint density at radius 3 is 3.00 bits per heavy atom. The van der Waals surface area contributed by atoms with E-state index < -0.39 is 0 Å². The first-order valence-electron chi connectivity index (χ1n) is 6.11. The summed E-state index contributed by atoms with van der Waals surface area (Å²) in [5.74, 6) is 1.04. The molecule has 1 saturated heterocycles. The van der Waals surface area contributed by atoms with Crippen LogP contribution in [-0.4, -0.2) is 39.8 Å². The van der Waals surface area contributed by atoms with Gasteiger partial charge in [0.25, 0.3) is 11.1 Å². The third-order valence-corrected chi connectivity index (χ3v) is 4.58. The molecule has 0 saturated carbocycles. The summed E-state index contributed by atoms with van der Waals surface area (Å²) < 4.78 is 5.52. The minimum absolute atomic E-state index is 0.151. The van der Waals surface area contributed by atoms with Crippen LogP contribution >= 0.6 is 23.1 Å².